The average Bonchev–Trinajstić information content (AvgIpc) is 3.42. The molecule has 2 rings (SSSR count). The Morgan fingerprint density at radius 3 is 2.39 bits per heavy atom. The molecular weight excluding hydrogens is 290 g/mol. The maximum atomic E-state index is 12.5. The number of ether oxygens (including phenoxy) is 1. The van der Waals surface area contributed by atoms with Gasteiger partial charge in [-0.3, -0.25) is 4.90 Å². The molecule has 5 heteroatoms. The van der Waals surface area contributed by atoms with Crippen LogP contribution >= 0.6 is 0 Å². The molecule has 1 aliphatic heterocycles. The first-order valence-corrected chi connectivity index (χ1v) is 9.40. The fourth-order valence-electron chi connectivity index (χ4n) is 3.73. The van der Waals surface area contributed by atoms with Crippen molar-refractivity contribution in [2.45, 2.75) is 58.5 Å². The van der Waals surface area contributed by atoms with E-state index >= 15 is 0 Å². The fourth-order valence-corrected chi connectivity index (χ4v) is 3.73. The third-order valence-corrected chi connectivity index (χ3v) is 5.81. The van der Waals surface area contributed by atoms with Crippen LogP contribution in [-0.4, -0.2) is 67.8 Å². The normalized spacial score (nSPS) is 22.0. The fraction of sp³-hybridized carbons (Fsp3) is 0.944. The van der Waals surface area contributed by atoms with Gasteiger partial charge in [-0.25, -0.2) is 4.79 Å². The molecule has 1 saturated carbocycles. The number of rotatable bonds is 8. The zero-order valence-corrected chi connectivity index (χ0v) is 15.4. The zero-order chi connectivity index (χ0) is 16.8. The number of nitrogens with one attached hydrogen (secondary N) is 1. The highest BCUT2D eigenvalue weighted by atomic mass is 16.5. The van der Waals surface area contributed by atoms with E-state index in [1.165, 1.54) is 12.8 Å². The van der Waals surface area contributed by atoms with Crippen LogP contribution in [0.2, 0.25) is 0 Å². The molecule has 2 unspecified atom stereocenters. The summed E-state index contributed by atoms with van der Waals surface area (Å²) < 4.78 is 5.49. The van der Waals surface area contributed by atoms with Crippen molar-refractivity contribution in [3.63, 3.8) is 0 Å². The zero-order valence-electron chi connectivity index (χ0n) is 15.4. The van der Waals surface area contributed by atoms with Crippen LogP contribution in [-0.2, 0) is 4.74 Å². The first kappa shape index (κ1) is 18.5. The van der Waals surface area contributed by atoms with Crippen LogP contribution in [0.15, 0.2) is 0 Å². The number of hydrogen-bond acceptors (Lipinski definition) is 3. The Bertz CT molecular complexity index is 363. The van der Waals surface area contributed by atoms with E-state index in [1.807, 2.05) is 11.9 Å². The summed E-state index contributed by atoms with van der Waals surface area (Å²) in [4.78, 5) is 16.9. The number of amides is 2. The van der Waals surface area contributed by atoms with Crippen LogP contribution in [0, 0.1) is 11.8 Å². The van der Waals surface area contributed by atoms with Gasteiger partial charge >= 0.3 is 6.03 Å². The molecule has 134 valence electrons. The number of carbonyl (C=O) groups excluding carboxylic acids is 1. The smallest absolute Gasteiger partial charge is 0.317 e. The molecule has 1 N–H and O–H groups in total. The lowest BCUT2D eigenvalue weighted by Gasteiger charge is -2.39. The SMILES string of the molecule is CCC(CC)C(CNC(=O)N(C)C(C)C1CC1)N1CCOCC1. The van der Waals surface area contributed by atoms with Crippen molar-refractivity contribution >= 4 is 6.03 Å². The van der Waals surface area contributed by atoms with Gasteiger partial charge < -0.3 is 15.0 Å². The second-order valence-corrected chi connectivity index (χ2v) is 7.17. The third kappa shape index (κ3) is 5.08. The van der Waals surface area contributed by atoms with E-state index in [-0.39, 0.29) is 6.03 Å². The van der Waals surface area contributed by atoms with Crippen molar-refractivity contribution in [3.05, 3.63) is 0 Å². The number of morpholine rings is 1. The standard InChI is InChI=1S/C18H35N3O2/c1-5-15(6-2)17(21-9-11-23-12-10-21)13-19-18(22)20(4)14(3)16-7-8-16/h14-17H,5-13H2,1-4H3,(H,19,22). The van der Waals surface area contributed by atoms with Crippen molar-refractivity contribution in [1.29, 1.82) is 0 Å². The van der Waals surface area contributed by atoms with Gasteiger partial charge in [0.15, 0.2) is 0 Å². The topological polar surface area (TPSA) is 44.8 Å². The number of urea groups is 1. The molecule has 2 fully saturated rings. The van der Waals surface area contributed by atoms with E-state index in [4.69, 9.17) is 4.74 Å². The summed E-state index contributed by atoms with van der Waals surface area (Å²) >= 11 is 0. The van der Waals surface area contributed by atoms with Crippen molar-refractivity contribution in [3.8, 4) is 0 Å². The number of hydrogen-bond donors (Lipinski definition) is 1. The van der Waals surface area contributed by atoms with Gasteiger partial charge in [-0.2, -0.15) is 0 Å². The first-order chi connectivity index (χ1) is 11.1. The van der Waals surface area contributed by atoms with E-state index in [0.717, 1.165) is 45.7 Å². The van der Waals surface area contributed by atoms with Crippen molar-refractivity contribution in [1.82, 2.24) is 15.1 Å². The molecule has 23 heavy (non-hydrogen) atoms. The summed E-state index contributed by atoms with van der Waals surface area (Å²) in [5, 5.41) is 3.20. The molecule has 1 heterocycles. The molecule has 0 aromatic rings. The third-order valence-electron chi connectivity index (χ3n) is 5.81. The quantitative estimate of drug-likeness (QED) is 0.746. The van der Waals surface area contributed by atoms with Crippen LogP contribution < -0.4 is 5.32 Å². The summed E-state index contributed by atoms with van der Waals surface area (Å²) in [5.74, 6) is 1.33. The molecule has 1 aliphatic carbocycles. The maximum absolute atomic E-state index is 12.5. The number of carbonyl (C=O) groups is 1. The Kier molecular flexibility index (Phi) is 7.15. The Morgan fingerprint density at radius 1 is 1.26 bits per heavy atom. The largest absolute Gasteiger partial charge is 0.379 e. The van der Waals surface area contributed by atoms with E-state index in [9.17, 15) is 4.79 Å². The Morgan fingerprint density at radius 2 is 1.87 bits per heavy atom. The highest BCUT2D eigenvalue weighted by Gasteiger charge is 2.33. The lowest BCUT2D eigenvalue weighted by Crippen LogP contribution is -2.54. The monoisotopic (exact) mass is 325 g/mol. The molecule has 0 aromatic carbocycles. The van der Waals surface area contributed by atoms with Crippen molar-refractivity contribution < 1.29 is 9.53 Å². The minimum absolute atomic E-state index is 0.0774. The van der Waals surface area contributed by atoms with Crippen LogP contribution in [0.5, 0.6) is 0 Å². The average molecular weight is 325 g/mol. The summed E-state index contributed by atoms with van der Waals surface area (Å²) in [7, 11) is 1.93. The highest BCUT2D eigenvalue weighted by Crippen LogP contribution is 2.34. The van der Waals surface area contributed by atoms with Gasteiger partial charge in [0, 0.05) is 38.8 Å². The van der Waals surface area contributed by atoms with Gasteiger partial charge in [0.1, 0.15) is 0 Å². The molecule has 0 bridgehead atoms. The summed E-state index contributed by atoms with van der Waals surface area (Å²) in [5.41, 5.74) is 0. The van der Waals surface area contributed by atoms with Gasteiger partial charge in [-0.1, -0.05) is 26.7 Å². The molecule has 0 radical (unpaired) electrons. The molecule has 2 atom stereocenters. The molecular formula is C18H35N3O2. The lowest BCUT2D eigenvalue weighted by atomic mass is 9.92. The van der Waals surface area contributed by atoms with Crippen LogP contribution in [0.4, 0.5) is 4.79 Å². The van der Waals surface area contributed by atoms with Crippen molar-refractivity contribution in [2.75, 3.05) is 39.9 Å². The Balaban J connectivity index is 1.89. The van der Waals surface area contributed by atoms with Crippen molar-refractivity contribution in [2.24, 2.45) is 11.8 Å². The second kappa shape index (κ2) is 8.88. The van der Waals surface area contributed by atoms with Crippen LogP contribution in [0.1, 0.15) is 46.5 Å². The molecule has 2 aliphatic rings. The highest BCUT2D eigenvalue weighted by molar-refractivity contribution is 5.74. The van der Waals surface area contributed by atoms with Gasteiger partial charge in [-0.15, -0.1) is 0 Å². The van der Waals surface area contributed by atoms with Gasteiger partial charge in [0.2, 0.25) is 0 Å². The summed E-state index contributed by atoms with van der Waals surface area (Å²) in [6, 6.07) is 0.848. The minimum atomic E-state index is 0.0774. The van der Waals surface area contributed by atoms with Crippen LogP contribution in [0.3, 0.4) is 0 Å². The Labute approximate surface area is 141 Å². The first-order valence-electron chi connectivity index (χ1n) is 9.40. The minimum Gasteiger partial charge on any atom is -0.379 e. The van der Waals surface area contributed by atoms with E-state index in [0.29, 0.717) is 23.9 Å². The molecule has 0 spiro atoms. The van der Waals surface area contributed by atoms with E-state index in [2.05, 4.69) is 31.0 Å². The summed E-state index contributed by atoms with van der Waals surface area (Å²) in [6.45, 7) is 11.0. The Hall–Kier alpha value is -0.810. The molecule has 0 aromatic heterocycles. The predicted molar refractivity (Wildman–Crippen MR) is 93.6 cm³/mol. The molecule has 2 amide bonds. The maximum Gasteiger partial charge on any atom is 0.317 e. The van der Waals surface area contributed by atoms with Crippen LogP contribution in [0.25, 0.3) is 0 Å². The van der Waals surface area contributed by atoms with E-state index in [1.54, 1.807) is 0 Å². The van der Waals surface area contributed by atoms with E-state index < -0.39 is 0 Å². The molecule has 5 nitrogen and oxygen atoms in total. The van der Waals surface area contributed by atoms with Gasteiger partial charge in [0.05, 0.1) is 13.2 Å². The van der Waals surface area contributed by atoms with Gasteiger partial charge in [0.25, 0.3) is 0 Å². The molecule has 1 saturated heterocycles. The predicted octanol–water partition coefficient (Wildman–Crippen LogP) is 2.56. The summed E-state index contributed by atoms with van der Waals surface area (Å²) in [6.07, 6.45) is 4.84. The lowest BCUT2D eigenvalue weighted by molar-refractivity contribution is 0.00208. The van der Waals surface area contributed by atoms with Gasteiger partial charge in [-0.05, 0) is 31.6 Å². The second-order valence-electron chi connectivity index (χ2n) is 7.17. The number of nitrogens with zero attached hydrogens (tertiary/aromatic N) is 2.